The van der Waals surface area contributed by atoms with Crippen molar-refractivity contribution in [1.29, 1.82) is 5.26 Å². The highest BCUT2D eigenvalue weighted by molar-refractivity contribution is 6.00. The summed E-state index contributed by atoms with van der Waals surface area (Å²) in [5, 5.41) is 12.4. The van der Waals surface area contributed by atoms with Gasteiger partial charge in [0.25, 0.3) is 0 Å². The molecule has 1 aliphatic rings. The molecular weight excluding hydrogens is 362 g/mol. The van der Waals surface area contributed by atoms with Crippen LogP contribution in [0, 0.1) is 11.3 Å². The SMILES string of the molecule is CC(Nc1ccc(Oc2ccccc2C#N)cc1)C(=O)N1CCc2ccccc21. The molecule has 0 fully saturated rings. The summed E-state index contributed by atoms with van der Waals surface area (Å²) in [6.07, 6.45) is 0.894. The highest BCUT2D eigenvalue weighted by Crippen LogP contribution is 2.29. The van der Waals surface area contributed by atoms with Crippen LogP contribution in [0.15, 0.2) is 72.8 Å². The summed E-state index contributed by atoms with van der Waals surface area (Å²) in [6.45, 7) is 2.59. The Bertz CT molecular complexity index is 1070. The van der Waals surface area contributed by atoms with E-state index < -0.39 is 0 Å². The van der Waals surface area contributed by atoms with Gasteiger partial charge in [-0.1, -0.05) is 30.3 Å². The number of hydrogen-bond acceptors (Lipinski definition) is 4. The predicted octanol–water partition coefficient (Wildman–Crippen LogP) is 4.74. The third kappa shape index (κ3) is 3.92. The summed E-state index contributed by atoms with van der Waals surface area (Å²) in [7, 11) is 0. The van der Waals surface area contributed by atoms with E-state index in [-0.39, 0.29) is 11.9 Å². The number of nitrogens with one attached hydrogen (secondary N) is 1. The monoisotopic (exact) mass is 383 g/mol. The molecule has 1 heterocycles. The van der Waals surface area contributed by atoms with Gasteiger partial charge in [-0.15, -0.1) is 0 Å². The van der Waals surface area contributed by atoms with Gasteiger partial charge in [0.2, 0.25) is 5.91 Å². The number of fused-ring (bicyclic) bond motifs is 1. The second-order valence-electron chi connectivity index (χ2n) is 6.97. The zero-order valence-corrected chi connectivity index (χ0v) is 16.1. The van der Waals surface area contributed by atoms with Crippen LogP contribution in [-0.2, 0) is 11.2 Å². The molecule has 0 bridgehead atoms. The maximum Gasteiger partial charge on any atom is 0.249 e. The normalized spacial score (nSPS) is 13.3. The molecule has 3 aromatic rings. The highest BCUT2D eigenvalue weighted by Gasteiger charge is 2.27. The number of para-hydroxylation sites is 2. The number of anilines is 2. The van der Waals surface area contributed by atoms with Crippen LogP contribution >= 0.6 is 0 Å². The number of nitrogens with zero attached hydrogens (tertiary/aromatic N) is 2. The van der Waals surface area contributed by atoms with Crippen molar-refractivity contribution < 1.29 is 9.53 Å². The van der Waals surface area contributed by atoms with Crippen molar-refractivity contribution in [1.82, 2.24) is 0 Å². The van der Waals surface area contributed by atoms with Crippen LogP contribution in [0.5, 0.6) is 11.5 Å². The average molecular weight is 383 g/mol. The number of amides is 1. The van der Waals surface area contributed by atoms with Gasteiger partial charge < -0.3 is 15.0 Å². The fourth-order valence-electron chi connectivity index (χ4n) is 3.51. The van der Waals surface area contributed by atoms with Crippen LogP contribution in [-0.4, -0.2) is 18.5 Å². The molecule has 5 heteroatoms. The molecule has 1 aliphatic heterocycles. The van der Waals surface area contributed by atoms with Gasteiger partial charge in [-0.25, -0.2) is 0 Å². The Morgan fingerprint density at radius 2 is 1.79 bits per heavy atom. The zero-order valence-electron chi connectivity index (χ0n) is 16.1. The lowest BCUT2D eigenvalue weighted by Gasteiger charge is -2.23. The fourth-order valence-corrected chi connectivity index (χ4v) is 3.51. The van der Waals surface area contributed by atoms with Crippen molar-refractivity contribution in [2.75, 3.05) is 16.8 Å². The Morgan fingerprint density at radius 3 is 2.59 bits per heavy atom. The van der Waals surface area contributed by atoms with Crippen LogP contribution in [0.1, 0.15) is 18.1 Å². The first-order valence-corrected chi connectivity index (χ1v) is 9.58. The number of carbonyl (C=O) groups excluding carboxylic acids is 1. The molecule has 0 saturated carbocycles. The summed E-state index contributed by atoms with van der Waals surface area (Å²) < 4.78 is 5.80. The molecule has 0 aliphatic carbocycles. The van der Waals surface area contributed by atoms with E-state index in [1.54, 1.807) is 18.2 Å². The Labute approximate surface area is 170 Å². The van der Waals surface area contributed by atoms with Crippen LogP contribution in [0.2, 0.25) is 0 Å². The Kier molecular flexibility index (Phi) is 5.17. The molecule has 0 radical (unpaired) electrons. The number of carbonyl (C=O) groups is 1. The van der Waals surface area contributed by atoms with Gasteiger partial charge in [-0.3, -0.25) is 4.79 Å². The number of hydrogen-bond donors (Lipinski definition) is 1. The molecule has 1 amide bonds. The molecule has 0 aromatic heterocycles. The minimum atomic E-state index is -0.354. The van der Waals surface area contributed by atoms with Crippen molar-refractivity contribution in [3.05, 3.63) is 83.9 Å². The Morgan fingerprint density at radius 1 is 1.07 bits per heavy atom. The zero-order chi connectivity index (χ0) is 20.2. The van der Waals surface area contributed by atoms with Crippen molar-refractivity contribution in [3.63, 3.8) is 0 Å². The lowest BCUT2D eigenvalue weighted by molar-refractivity contribution is -0.118. The summed E-state index contributed by atoms with van der Waals surface area (Å²) in [4.78, 5) is 14.7. The van der Waals surface area contributed by atoms with Crippen LogP contribution < -0.4 is 15.0 Å². The van der Waals surface area contributed by atoms with Gasteiger partial charge >= 0.3 is 0 Å². The first-order chi connectivity index (χ1) is 14.2. The van der Waals surface area contributed by atoms with Crippen LogP contribution in [0.25, 0.3) is 0 Å². The molecule has 1 atom stereocenters. The molecule has 144 valence electrons. The minimum Gasteiger partial charge on any atom is -0.456 e. The molecule has 3 aromatic carbocycles. The molecule has 5 nitrogen and oxygen atoms in total. The standard InChI is InChI=1S/C24H21N3O2/c1-17(24(28)27-15-14-18-6-2-4-8-22(18)27)26-20-10-12-21(13-11-20)29-23-9-5-3-7-19(23)16-25/h2-13,17,26H,14-15H2,1H3. The molecule has 29 heavy (non-hydrogen) atoms. The van der Waals surface area contributed by atoms with E-state index in [2.05, 4.69) is 17.5 Å². The minimum absolute atomic E-state index is 0.0539. The van der Waals surface area contributed by atoms with Crippen molar-refractivity contribution in [3.8, 4) is 17.6 Å². The van der Waals surface area contributed by atoms with Gasteiger partial charge in [-0.05, 0) is 61.4 Å². The maximum atomic E-state index is 12.9. The largest absolute Gasteiger partial charge is 0.456 e. The maximum absolute atomic E-state index is 12.9. The van der Waals surface area contributed by atoms with E-state index in [9.17, 15) is 4.79 Å². The number of nitriles is 1. The second kappa shape index (κ2) is 8.07. The lowest BCUT2D eigenvalue weighted by Crippen LogP contribution is -2.40. The third-order valence-electron chi connectivity index (χ3n) is 5.00. The molecule has 0 saturated heterocycles. The summed E-state index contributed by atoms with van der Waals surface area (Å²) in [5.41, 5.74) is 3.54. The number of benzene rings is 3. The van der Waals surface area contributed by atoms with Crippen LogP contribution in [0.4, 0.5) is 11.4 Å². The summed E-state index contributed by atoms with van der Waals surface area (Å²) in [6, 6.07) is 24.3. The Hall–Kier alpha value is -3.78. The third-order valence-corrected chi connectivity index (χ3v) is 5.00. The molecule has 1 unspecified atom stereocenters. The van der Waals surface area contributed by atoms with Gasteiger partial charge in [0.1, 0.15) is 23.6 Å². The number of rotatable bonds is 5. The van der Waals surface area contributed by atoms with Gasteiger partial charge in [0.05, 0.1) is 5.56 Å². The fraction of sp³-hybridized carbons (Fsp3) is 0.167. The first kappa shape index (κ1) is 18.6. The predicted molar refractivity (Wildman–Crippen MR) is 113 cm³/mol. The van der Waals surface area contributed by atoms with Gasteiger partial charge in [0, 0.05) is 17.9 Å². The average Bonchev–Trinajstić information content (AvgIpc) is 3.19. The second-order valence-corrected chi connectivity index (χ2v) is 6.97. The quantitative estimate of drug-likeness (QED) is 0.691. The highest BCUT2D eigenvalue weighted by atomic mass is 16.5. The molecule has 1 N–H and O–H groups in total. The van der Waals surface area contributed by atoms with Crippen molar-refractivity contribution in [2.24, 2.45) is 0 Å². The topological polar surface area (TPSA) is 65.4 Å². The van der Waals surface area contributed by atoms with Gasteiger partial charge in [0.15, 0.2) is 0 Å². The van der Waals surface area contributed by atoms with Crippen molar-refractivity contribution >= 4 is 17.3 Å². The Balaban J connectivity index is 1.41. The molecule has 0 spiro atoms. The number of ether oxygens (including phenoxy) is 1. The van der Waals surface area contributed by atoms with E-state index in [0.717, 1.165) is 24.3 Å². The van der Waals surface area contributed by atoms with Crippen molar-refractivity contribution in [2.45, 2.75) is 19.4 Å². The van der Waals surface area contributed by atoms with Gasteiger partial charge in [-0.2, -0.15) is 5.26 Å². The van der Waals surface area contributed by atoms with E-state index >= 15 is 0 Å². The van der Waals surface area contributed by atoms with E-state index in [1.807, 2.05) is 60.4 Å². The van der Waals surface area contributed by atoms with Crippen LogP contribution in [0.3, 0.4) is 0 Å². The first-order valence-electron chi connectivity index (χ1n) is 9.58. The summed E-state index contributed by atoms with van der Waals surface area (Å²) >= 11 is 0. The molecular formula is C24H21N3O2. The lowest BCUT2D eigenvalue weighted by atomic mass is 10.2. The van der Waals surface area contributed by atoms with E-state index in [4.69, 9.17) is 10.00 Å². The van der Waals surface area contributed by atoms with E-state index in [0.29, 0.717) is 17.1 Å². The molecule has 4 rings (SSSR count). The smallest absolute Gasteiger partial charge is 0.249 e. The van der Waals surface area contributed by atoms with E-state index in [1.165, 1.54) is 5.56 Å². The summed E-state index contributed by atoms with van der Waals surface area (Å²) in [5.74, 6) is 1.20.